The Bertz CT molecular complexity index is 979. The van der Waals surface area contributed by atoms with Crippen LogP contribution in [0.25, 0.3) is 11.4 Å². The van der Waals surface area contributed by atoms with Crippen molar-refractivity contribution in [3.05, 3.63) is 64.9 Å². The van der Waals surface area contributed by atoms with Crippen molar-refractivity contribution in [1.82, 2.24) is 19.2 Å². The number of methoxy groups -OCH3 is 1. The van der Waals surface area contributed by atoms with Crippen LogP contribution in [0.5, 0.6) is 5.75 Å². The number of aromatic nitrogens is 3. The quantitative estimate of drug-likeness (QED) is 0.614. The number of likely N-dealkylation sites (tertiary alicyclic amines) is 1. The lowest BCUT2D eigenvalue weighted by Crippen LogP contribution is -2.27. The third-order valence-electron chi connectivity index (χ3n) is 5.23. The topological polar surface area (TPSA) is 35.2 Å². The zero-order valence-corrected chi connectivity index (χ0v) is 16.5. The second kappa shape index (κ2) is 7.66. The molecule has 1 aliphatic heterocycles. The van der Waals surface area contributed by atoms with Gasteiger partial charge in [0.15, 0.2) is 10.6 Å². The zero-order chi connectivity index (χ0) is 18.8. The molecule has 6 heteroatoms. The van der Waals surface area contributed by atoms with E-state index in [4.69, 9.17) is 22.1 Å². The Morgan fingerprint density at radius 3 is 2.74 bits per heavy atom. The first-order chi connectivity index (χ1) is 13.2. The summed E-state index contributed by atoms with van der Waals surface area (Å²) in [5, 5.41) is 4.82. The standard InChI is InChI=1S/C21H24N4OS/c1-23-20(17-10-6-11-18(14-17)26-2)22-25(21(23)27)15-24-13-7-12-19(24)16-8-4-3-5-9-16/h3-6,8-11,14,19H,7,12-13,15H2,1-2H3/t19-/m1/s1. The van der Waals surface area contributed by atoms with E-state index in [0.29, 0.717) is 12.7 Å². The summed E-state index contributed by atoms with van der Waals surface area (Å²) in [5.74, 6) is 1.67. The normalized spacial score (nSPS) is 17.3. The van der Waals surface area contributed by atoms with Crippen molar-refractivity contribution in [3.8, 4) is 17.1 Å². The average molecular weight is 381 g/mol. The predicted octanol–water partition coefficient (Wildman–Crippen LogP) is 4.42. The van der Waals surface area contributed by atoms with Crippen LogP contribution in [0.3, 0.4) is 0 Å². The van der Waals surface area contributed by atoms with Crippen LogP contribution in [-0.2, 0) is 13.7 Å². The molecular formula is C21H24N4OS. The lowest BCUT2D eigenvalue weighted by molar-refractivity contribution is 0.190. The van der Waals surface area contributed by atoms with E-state index in [-0.39, 0.29) is 0 Å². The fourth-order valence-electron chi connectivity index (χ4n) is 3.81. The van der Waals surface area contributed by atoms with Crippen molar-refractivity contribution in [1.29, 1.82) is 0 Å². The van der Waals surface area contributed by atoms with Crippen LogP contribution in [0.15, 0.2) is 54.6 Å². The molecule has 0 saturated carbocycles. The second-order valence-electron chi connectivity index (χ2n) is 6.92. The minimum atomic E-state index is 0.426. The molecule has 2 aromatic carbocycles. The predicted molar refractivity (Wildman–Crippen MR) is 109 cm³/mol. The maximum absolute atomic E-state index is 5.67. The number of hydrogen-bond donors (Lipinski definition) is 0. The van der Waals surface area contributed by atoms with E-state index < -0.39 is 0 Å². The molecular weight excluding hydrogens is 356 g/mol. The van der Waals surface area contributed by atoms with Gasteiger partial charge in [0.1, 0.15) is 5.75 Å². The molecule has 1 aliphatic rings. The van der Waals surface area contributed by atoms with E-state index in [1.54, 1.807) is 7.11 Å². The highest BCUT2D eigenvalue weighted by atomic mass is 32.1. The first-order valence-corrected chi connectivity index (χ1v) is 9.65. The van der Waals surface area contributed by atoms with Gasteiger partial charge in [-0.2, -0.15) is 5.10 Å². The van der Waals surface area contributed by atoms with Crippen LogP contribution in [0, 0.1) is 4.77 Å². The van der Waals surface area contributed by atoms with Gasteiger partial charge in [0.25, 0.3) is 0 Å². The first kappa shape index (κ1) is 17.9. The Morgan fingerprint density at radius 1 is 1.15 bits per heavy atom. The van der Waals surface area contributed by atoms with Crippen molar-refractivity contribution in [2.24, 2.45) is 7.05 Å². The Hall–Kier alpha value is -2.44. The van der Waals surface area contributed by atoms with Gasteiger partial charge in [-0.3, -0.25) is 4.90 Å². The average Bonchev–Trinajstić information content (AvgIpc) is 3.29. The summed E-state index contributed by atoms with van der Waals surface area (Å²) in [5.41, 5.74) is 2.37. The zero-order valence-electron chi connectivity index (χ0n) is 15.7. The molecule has 140 valence electrons. The number of benzene rings is 2. The molecule has 0 bridgehead atoms. The fourth-order valence-corrected chi connectivity index (χ4v) is 4.00. The van der Waals surface area contributed by atoms with Gasteiger partial charge in [0, 0.05) is 25.2 Å². The van der Waals surface area contributed by atoms with Crippen LogP contribution >= 0.6 is 12.2 Å². The molecule has 2 heterocycles. The molecule has 1 saturated heterocycles. The van der Waals surface area contributed by atoms with Gasteiger partial charge < -0.3 is 9.30 Å². The molecule has 27 heavy (non-hydrogen) atoms. The Labute approximate surface area is 164 Å². The molecule has 5 nitrogen and oxygen atoms in total. The number of ether oxygens (including phenoxy) is 1. The highest BCUT2D eigenvalue weighted by Gasteiger charge is 2.26. The van der Waals surface area contributed by atoms with Crippen LogP contribution in [0.1, 0.15) is 24.4 Å². The third-order valence-corrected chi connectivity index (χ3v) is 5.72. The summed E-state index contributed by atoms with van der Waals surface area (Å²) in [6, 6.07) is 19.1. The molecule has 3 aromatic rings. The Kier molecular flexibility index (Phi) is 5.09. The minimum Gasteiger partial charge on any atom is -0.497 e. The molecule has 0 aliphatic carbocycles. The number of hydrogen-bond acceptors (Lipinski definition) is 4. The van der Waals surface area contributed by atoms with Crippen LogP contribution in [-0.4, -0.2) is 32.9 Å². The van der Waals surface area contributed by atoms with Crippen molar-refractivity contribution >= 4 is 12.2 Å². The van der Waals surface area contributed by atoms with Crippen LogP contribution < -0.4 is 4.74 Å². The summed E-state index contributed by atoms with van der Waals surface area (Å²) >= 11 is 5.67. The van der Waals surface area contributed by atoms with Crippen LogP contribution in [0.4, 0.5) is 0 Å². The van der Waals surface area contributed by atoms with E-state index in [9.17, 15) is 0 Å². The highest BCUT2D eigenvalue weighted by molar-refractivity contribution is 7.71. The summed E-state index contributed by atoms with van der Waals surface area (Å²) in [6.45, 7) is 1.77. The fraction of sp³-hybridized carbons (Fsp3) is 0.333. The van der Waals surface area contributed by atoms with Gasteiger partial charge in [-0.25, -0.2) is 4.68 Å². The smallest absolute Gasteiger partial charge is 0.199 e. The van der Waals surface area contributed by atoms with E-state index in [0.717, 1.165) is 28.5 Å². The van der Waals surface area contributed by atoms with E-state index in [1.807, 2.05) is 40.6 Å². The van der Waals surface area contributed by atoms with Gasteiger partial charge in [-0.1, -0.05) is 42.5 Å². The summed E-state index contributed by atoms with van der Waals surface area (Å²) in [7, 11) is 3.65. The SMILES string of the molecule is COc1cccc(-c2nn(CN3CCC[C@@H]3c3ccccc3)c(=S)n2C)c1. The summed E-state index contributed by atoms with van der Waals surface area (Å²) < 4.78 is 9.98. The molecule has 4 rings (SSSR count). The van der Waals surface area contributed by atoms with Crippen molar-refractivity contribution in [2.75, 3.05) is 13.7 Å². The lowest BCUT2D eigenvalue weighted by Gasteiger charge is -2.24. The first-order valence-electron chi connectivity index (χ1n) is 9.24. The van der Waals surface area contributed by atoms with Gasteiger partial charge >= 0.3 is 0 Å². The van der Waals surface area contributed by atoms with Crippen molar-refractivity contribution < 1.29 is 4.74 Å². The highest BCUT2D eigenvalue weighted by Crippen LogP contribution is 2.32. The third kappa shape index (κ3) is 3.55. The van der Waals surface area contributed by atoms with Crippen molar-refractivity contribution in [2.45, 2.75) is 25.6 Å². The molecule has 0 spiro atoms. The van der Waals surface area contributed by atoms with Crippen molar-refractivity contribution in [3.63, 3.8) is 0 Å². The second-order valence-corrected chi connectivity index (χ2v) is 7.28. The van der Waals surface area contributed by atoms with Gasteiger partial charge in [0.05, 0.1) is 13.8 Å². The summed E-state index contributed by atoms with van der Waals surface area (Å²) in [6.07, 6.45) is 2.37. The molecule has 0 unspecified atom stereocenters. The molecule has 0 amide bonds. The Balaban J connectivity index is 1.62. The van der Waals surface area contributed by atoms with E-state index >= 15 is 0 Å². The maximum atomic E-state index is 5.67. The molecule has 1 fully saturated rings. The molecule has 0 radical (unpaired) electrons. The summed E-state index contributed by atoms with van der Waals surface area (Å²) in [4.78, 5) is 2.47. The molecule has 0 N–H and O–H groups in total. The van der Waals surface area contributed by atoms with Gasteiger partial charge in [0.2, 0.25) is 0 Å². The van der Waals surface area contributed by atoms with Gasteiger partial charge in [-0.15, -0.1) is 0 Å². The largest absolute Gasteiger partial charge is 0.497 e. The lowest BCUT2D eigenvalue weighted by atomic mass is 10.1. The van der Waals surface area contributed by atoms with Crippen LogP contribution in [0.2, 0.25) is 0 Å². The van der Waals surface area contributed by atoms with E-state index in [1.165, 1.54) is 18.4 Å². The van der Waals surface area contributed by atoms with E-state index in [2.05, 4.69) is 35.2 Å². The Morgan fingerprint density at radius 2 is 1.96 bits per heavy atom. The number of rotatable bonds is 5. The molecule has 1 aromatic heterocycles. The monoisotopic (exact) mass is 380 g/mol. The minimum absolute atomic E-state index is 0.426. The number of nitrogens with zero attached hydrogens (tertiary/aromatic N) is 4. The molecule has 1 atom stereocenters. The maximum Gasteiger partial charge on any atom is 0.199 e. The van der Waals surface area contributed by atoms with Gasteiger partial charge in [-0.05, 0) is 42.8 Å².